The van der Waals surface area contributed by atoms with Gasteiger partial charge in [-0.25, -0.2) is 4.98 Å². The highest BCUT2D eigenvalue weighted by Crippen LogP contribution is 2.25. The average molecular weight is 430 g/mol. The highest BCUT2D eigenvalue weighted by molar-refractivity contribution is 5.80. The monoisotopic (exact) mass is 429 g/mol. The van der Waals surface area contributed by atoms with Crippen LogP contribution in [0.25, 0.3) is 11.1 Å². The topological polar surface area (TPSA) is 61.4 Å². The molecule has 1 saturated heterocycles. The van der Waals surface area contributed by atoms with E-state index in [1.807, 2.05) is 12.1 Å². The maximum Gasteiger partial charge on any atom is 0.225 e. The van der Waals surface area contributed by atoms with Gasteiger partial charge in [-0.15, -0.1) is 0 Å². The minimum Gasteiger partial charge on any atom is -0.355 e. The van der Waals surface area contributed by atoms with E-state index < -0.39 is 0 Å². The first-order chi connectivity index (χ1) is 15.6. The zero-order chi connectivity index (χ0) is 22.3. The molecule has 1 aliphatic heterocycles. The van der Waals surface area contributed by atoms with E-state index in [-0.39, 0.29) is 11.8 Å². The Morgan fingerprint density at radius 2 is 1.94 bits per heavy atom. The van der Waals surface area contributed by atoms with Gasteiger partial charge in [0.1, 0.15) is 5.82 Å². The van der Waals surface area contributed by atoms with Gasteiger partial charge in [-0.2, -0.15) is 0 Å². The number of carbonyl (C=O) groups is 1. The summed E-state index contributed by atoms with van der Waals surface area (Å²) < 4.78 is 0. The molecule has 0 saturated carbocycles. The molecule has 0 radical (unpaired) electrons. The van der Waals surface area contributed by atoms with Gasteiger partial charge in [-0.3, -0.25) is 9.78 Å². The van der Waals surface area contributed by atoms with Crippen LogP contribution < -0.4 is 10.2 Å². The van der Waals surface area contributed by atoms with Crippen LogP contribution in [0.15, 0.2) is 67.1 Å². The molecular formula is C26H31N5O. The number of nitrogens with zero attached hydrogens (tertiary/aromatic N) is 4. The maximum atomic E-state index is 13.0. The van der Waals surface area contributed by atoms with Crippen LogP contribution in [0.3, 0.4) is 0 Å². The van der Waals surface area contributed by atoms with Gasteiger partial charge in [-0.05, 0) is 49.2 Å². The summed E-state index contributed by atoms with van der Waals surface area (Å²) in [5.74, 6) is 0.908. The molecule has 1 amide bonds. The van der Waals surface area contributed by atoms with Crippen LogP contribution in [0.1, 0.15) is 24.0 Å². The van der Waals surface area contributed by atoms with Gasteiger partial charge in [0.25, 0.3) is 0 Å². The van der Waals surface area contributed by atoms with E-state index in [1.54, 1.807) is 18.6 Å². The first kappa shape index (κ1) is 22.0. The molecule has 3 aromatic rings. The van der Waals surface area contributed by atoms with Gasteiger partial charge in [0, 0.05) is 38.6 Å². The molecule has 6 heteroatoms. The van der Waals surface area contributed by atoms with Crippen LogP contribution in [0.5, 0.6) is 0 Å². The van der Waals surface area contributed by atoms with Crippen LogP contribution in [-0.2, 0) is 17.9 Å². The van der Waals surface area contributed by atoms with Crippen LogP contribution >= 0.6 is 0 Å². The van der Waals surface area contributed by atoms with Crippen molar-refractivity contribution in [3.8, 4) is 11.1 Å². The lowest BCUT2D eigenvalue weighted by molar-refractivity contribution is -0.125. The molecule has 0 bridgehead atoms. The predicted molar refractivity (Wildman–Crippen MR) is 128 cm³/mol. The number of benzene rings is 2. The fraction of sp³-hybridized carbons (Fsp3) is 0.346. The summed E-state index contributed by atoms with van der Waals surface area (Å²) in [6.45, 7) is 3.04. The quantitative estimate of drug-likeness (QED) is 0.620. The number of hydrogen-bond acceptors (Lipinski definition) is 5. The number of nitrogens with one attached hydrogen (secondary N) is 1. The highest BCUT2D eigenvalue weighted by Gasteiger charge is 2.26. The van der Waals surface area contributed by atoms with E-state index in [1.165, 1.54) is 11.1 Å². The lowest BCUT2D eigenvalue weighted by atomic mass is 9.96. The minimum atomic E-state index is -0.0387. The molecule has 1 N–H and O–H groups in total. The Morgan fingerprint density at radius 3 is 2.69 bits per heavy atom. The number of hydrogen-bond donors (Lipinski definition) is 1. The molecule has 0 spiro atoms. The molecule has 1 aliphatic rings. The molecular weight excluding hydrogens is 398 g/mol. The average Bonchev–Trinajstić information content (AvgIpc) is 2.83. The molecule has 6 nitrogen and oxygen atoms in total. The Kier molecular flexibility index (Phi) is 7.12. The highest BCUT2D eigenvalue weighted by atomic mass is 16.1. The first-order valence-electron chi connectivity index (χ1n) is 11.2. The van der Waals surface area contributed by atoms with Crippen molar-refractivity contribution in [2.24, 2.45) is 5.92 Å². The predicted octanol–water partition coefficient (Wildman–Crippen LogP) is 3.74. The molecule has 2 aromatic carbocycles. The third-order valence-corrected chi connectivity index (χ3v) is 5.90. The van der Waals surface area contributed by atoms with E-state index in [0.29, 0.717) is 13.1 Å². The summed E-state index contributed by atoms with van der Waals surface area (Å²) >= 11 is 0. The van der Waals surface area contributed by atoms with E-state index >= 15 is 0 Å². The first-order valence-corrected chi connectivity index (χ1v) is 11.2. The van der Waals surface area contributed by atoms with Gasteiger partial charge < -0.3 is 15.1 Å². The minimum absolute atomic E-state index is 0.0387. The molecule has 1 aromatic heterocycles. The zero-order valence-corrected chi connectivity index (χ0v) is 18.9. The van der Waals surface area contributed by atoms with Crippen LogP contribution in [0.4, 0.5) is 5.82 Å². The Hall–Kier alpha value is -3.25. The number of carbonyl (C=O) groups excluding carboxylic acids is 1. The molecule has 4 rings (SSSR count). The number of anilines is 1. The number of piperidine rings is 1. The molecule has 32 heavy (non-hydrogen) atoms. The van der Waals surface area contributed by atoms with E-state index in [9.17, 15) is 4.79 Å². The Bertz CT molecular complexity index is 1020. The van der Waals surface area contributed by atoms with Gasteiger partial charge in [0.05, 0.1) is 12.1 Å². The molecule has 1 atom stereocenters. The summed E-state index contributed by atoms with van der Waals surface area (Å²) in [6.07, 6.45) is 7.01. The third-order valence-electron chi connectivity index (χ3n) is 5.90. The summed E-state index contributed by atoms with van der Waals surface area (Å²) in [5.41, 5.74) is 4.75. The molecule has 1 unspecified atom stereocenters. The summed E-state index contributed by atoms with van der Waals surface area (Å²) in [6, 6.07) is 17.0. The second-order valence-electron chi connectivity index (χ2n) is 8.66. The van der Waals surface area contributed by atoms with Gasteiger partial charge in [0.15, 0.2) is 0 Å². The van der Waals surface area contributed by atoms with Gasteiger partial charge in [0.2, 0.25) is 5.91 Å². The van der Waals surface area contributed by atoms with Gasteiger partial charge >= 0.3 is 0 Å². The SMILES string of the molecule is CN(C)Cc1ccc(-c2ccccc2CNC(=O)C2CCCN(c3cnccn3)C2)cc1. The summed E-state index contributed by atoms with van der Waals surface area (Å²) in [7, 11) is 4.15. The van der Waals surface area contributed by atoms with Crippen molar-refractivity contribution < 1.29 is 4.79 Å². The van der Waals surface area contributed by atoms with E-state index in [4.69, 9.17) is 0 Å². The van der Waals surface area contributed by atoms with Crippen LogP contribution in [0, 0.1) is 5.92 Å². The van der Waals surface area contributed by atoms with Crippen molar-refractivity contribution in [1.29, 1.82) is 0 Å². The summed E-state index contributed by atoms with van der Waals surface area (Å²) in [5, 5.41) is 3.18. The van der Waals surface area contributed by atoms with Crippen molar-refractivity contribution in [2.75, 3.05) is 32.1 Å². The fourth-order valence-corrected chi connectivity index (χ4v) is 4.29. The molecule has 2 heterocycles. The van der Waals surface area contributed by atoms with Crippen molar-refractivity contribution in [3.05, 3.63) is 78.2 Å². The Balaban J connectivity index is 1.40. The second-order valence-corrected chi connectivity index (χ2v) is 8.66. The van der Waals surface area contributed by atoms with Crippen molar-refractivity contribution >= 4 is 11.7 Å². The van der Waals surface area contributed by atoms with Crippen molar-refractivity contribution in [1.82, 2.24) is 20.2 Å². The van der Waals surface area contributed by atoms with Gasteiger partial charge in [-0.1, -0.05) is 48.5 Å². The van der Waals surface area contributed by atoms with Crippen molar-refractivity contribution in [3.63, 3.8) is 0 Å². The maximum absolute atomic E-state index is 13.0. The summed E-state index contributed by atoms with van der Waals surface area (Å²) in [4.78, 5) is 25.8. The lowest BCUT2D eigenvalue weighted by Crippen LogP contribution is -2.43. The molecule has 1 fully saturated rings. The Labute approximate surface area is 190 Å². The smallest absolute Gasteiger partial charge is 0.225 e. The van der Waals surface area contributed by atoms with E-state index in [0.717, 1.165) is 42.9 Å². The third kappa shape index (κ3) is 5.51. The van der Waals surface area contributed by atoms with E-state index in [2.05, 4.69) is 75.6 Å². The number of aromatic nitrogens is 2. The largest absolute Gasteiger partial charge is 0.355 e. The second kappa shape index (κ2) is 10.4. The molecule has 0 aliphatic carbocycles. The van der Waals surface area contributed by atoms with Crippen LogP contribution in [-0.4, -0.2) is 48.0 Å². The van der Waals surface area contributed by atoms with Crippen LogP contribution in [0.2, 0.25) is 0 Å². The normalized spacial score (nSPS) is 16.2. The number of amides is 1. The van der Waals surface area contributed by atoms with Crippen molar-refractivity contribution in [2.45, 2.75) is 25.9 Å². The standard InChI is InChI=1S/C26H31N5O/c1-30(2)18-20-9-11-21(12-10-20)24-8-4-3-6-22(24)16-29-26(32)23-7-5-15-31(19-23)25-17-27-13-14-28-25/h3-4,6,8-14,17,23H,5,7,15-16,18-19H2,1-2H3,(H,29,32). The Morgan fingerprint density at radius 1 is 1.12 bits per heavy atom. The fourth-order valence-electron chi connectivity index (χ4n) is 4.29. The lowest BCUT2D eigenvalue weighted by Gasteiger charge is -2.32. The number of rotatable bonds is 7. The molecule has 166 valence electrons. The zero-order valence-electron chi connectivity index (χ0n) is 18.9.